The largest absolute Gasteiger partial charge is 0.453 e. The zero-order valence-electron chi connectivity index (χ0n) is 14.1. The number of alkyl halides is 3. The topological polar surface area (TPSA) is 78.7 Å². The molecule has 11 heteroatoms. The van der Waals surface area contributed by atoms with Crippen LogP contribution in [0.3, 0.4) is 0 Å². The number of nitrogens with zero attached hydrogens (tertiary/aromatic N) is 6. The molecule has 0 aliphatic carbocycles. The Bertz CT molecular complexity index is 850. The Morgan fingerprint density at radius 2 is 2.08 bits per heavy atom. The van der Waals surface area contributed by atoms with E-state index in [9.17, 15) is 18.0 Å². The fourth-order valence-corrected chi connectivity index (χ4v) is 3.57. The monoisotopic (exact) mass is 369 g/mol. The highest BCUT2D eigenvalue weighted by atomic mass is 19.4. The molecule has 2 aliphatic rings. The number of aromatic nitrogens is 4. The summed E-state index contributed by atoms with van der Waals surface area (Å²) >= 11 is 0. The van der Waals surface area contributed by atoms with Crippen molar-refractivity contribution in [2.24, 2.45) is 0 Å². The molecule has 1 N–H and O–H groups in total. The second kappa shape index (κ2) is 5.99. The van der Waals surface area contributed by atoms with Crippen LogP contribution in [0.25, 0.3) is 5.78 Å². The summed E-state index contributed by atoms with van der Waals surface area (Å²) in [6.07, 6.45) is -2.93. The molecule has 1 unspecified atom stereocenters. The van der Waals surface area contributed by atoms with Gasteiger partial charge in [-0.1, -0.05) is 0 Å². The van der Waals surface area contributed by atoms with Gasteiger partial charge in [-0.2, -0.15) is 22.7 Å². The van der Waals surface area contributed by atoms with Gasteiger partial charge in [0.05, 0.1) is 6.04 Å². The number of urea groups is 1. The zero-order chi connectivity index (χ0) is 18.5. The molecule has 4 heterocycles. The van der Waals surface area contributed by atoms with Gasteiger partial charge in [0.1, 0.15) is 5.82 Å². The van der Waals surface area contributed by atoms with Crippen LogP contribution in [0.2, 0.25) is 0 Å². The number of hydrogen-bond acceptors (Lipinski definition) is 5. The van der Waals surface area contributed by atoms with Crippen molar-refractivity contribution >= 4 is 17.6 Å². The van der Waals surface area contributed by atoms with Crippen molar-refractivity contribution < 1.29 is 18.0 Å². The Kier molecular flexibility index (Phi) is 3.88. The van der Waals surface area contributed by atoms with Gasteiger partial charge in [0, 0.05) is 37.9 Å². The van der Waals surface area contributed by atoms with Gasteiger partial charge in [0.25, 0.3) is 11.6 Å². The smallest absolute Gasteiger partial charge is 0.354 e. The number of piperidine rings is 1. The Balaban J connectivity index is 1.69. The maximum atomic E-state index is 13.0. The minimum absolute atomic E-state index is 0.0142. The zero-order valence-corrected chi connectivity index (χ0v) is 14.1. The number of amides is 2. The van der Waals surface area contributed by atoms with Crippen molar-refractivity contribution in [3.8, 4) is 0 Å². The molecule has 1 atom stereocenters. The molecule has 4 rings (SSSR count). The minimum atomic E-state index is -4.63. The molecule has 0 saturated carbocycles. The first-order valence-corrected chi connectivity index (χ1v) is 8.44. The Morgan fingerprint density at radius 1 is 1.27 bits per heavy atom. The molecule has 2 aliphatic heterocycles. The average molecular weight is 369 g/mol. The standard InChI is InChI=1S/C15H18F3N7O/c1-9-7-11(25-13(20-9)21-12(22-25)15(16,17)18)23-5-2-3-10(8-23)24-6-4-19-14(24)26/h7,10H,2-6,8H2,1H3,(H,19,26). The summed E-state index contributed by atoms with van der Waals surface area (Å²) < 4.78 is 40.1. The van der Waals surface area contributed by atoms with E-state index >= 15 is 0 Å². The third-order valence-corrected chi connectivity index (χ3v) is 4.73. The van der Waals surface area contributed by atoms with Gasteiger partial charge in [0.15, 0.2) is 0 Å². The number of rotatable bonds is 2. The van der Waals surface area contributed by atoms with Gasteiger partial charge in [-0.15, -0.1) is 5.10 Å². The molecule has 2 aromatic rings. The predicted octanol–water partition coefficient (Wildman–Crippen LogP) is 1.45. The highest BCUT2D eigenvalue weighted by molar-refractivity contribution is 5.76. The number of nitrogens with one attached hydrogen (secondary N) is 1. The summed E-state index contributed by atoms with van der Waals surface area (Å²) in [6.45, 7) is 4.18. The fraction of sp³-hybridized carbons (Fsp3) is 0.600. The third kappa shape index (κ3) is 2.90. The normalized spacial score (nSPS) is 21.5. The van der Waals surface area contributed by atoms with Gasteiger partial charge >= 0.3 is 12.2 Å². The van der Waals surface area contributed by atoms with Crippen LogP contribution in [0, 0.1) is 6.92 Å². The first kappa shape index (κ1) is 16.9. The first-order chi connectivity index (χ1) is 12.3. The average Bonchev–Trinajstić information content (AvgIpc) is 3.20. The highest BCUT2D eigenvalue weighted by Crippen LogP contribution is 2.29. The van der Waals surface area contributed by atoms with E-state index in [0.29, 0.717) is 37.7 Å². The lowest BCUT2D eigenvalue weighted by Crippen LogP contribution is -2.49. The van der Waals surface area contributed by atoms with E-state index in [2.05, 4.69) is 20.4 Å². The molecule has 0 bridgehead atoms. The molecule has 0 radical (unpaired) electrons. The quantitative estimate of drug-likeness (QED) is 0.867. The lowest BCUT2D eigenvalue weighted by Gasteiger charge is -2.38. The SMILES string of the molecule is Cc1cc(N2CCCC(N3CCNC3=O)C2)n2nc(C(F)(F)F)nc2n1. The molecule has 2 fully saturated rings. The van der Waals surface area contributed by atoms with Gasteiger partial charge in [0.2, 0.25) is 0 Å². The van der Waals surface area contributed by atoms with Crippen LogP contribution >= 0.6 is 0 Å². The third-order valence-electron chi connectivity index (χ3n) is 4.73. The van der Waals surface area contributed by atoms with Gasteiger partial charge in [-0.25, -0.2) is 9.78 Å². The summed E-state index contributed by atoms with van der Waals surface area (Å²) in [6, 6.07) is 1.63. The van der Waals surface area contributed by atoms with E-state index in [1.807, 2.05) is 4.90 Å². The van der Waals surface area contributed by atoms with Crippen molar-refractivity contribution in [2.45, 2.75) is 32.0 Å². The van der Waals surface area contributed by atoms with E-state index < -0.39 is 12.0 Å². The molecular formula is C15H18F3N7O. The Morgan fingerprint density at radius 3 is 2.77 bits per heavy atom. The number of carbonyl (C=O) groups excluding carboxylic acids is 1. The molecule has 8 nitrogen and oxygen atoms in total. The van der Waals surface area contributed by atoms with Crippen LogP contribution in [0.15, 0.2) is 6.07 Å². The van der Waals surface area contributed by atoms with Crippen molar-refractivity contribution in [3.05, 3.63) is 17.6 Å². The van der Waals surface area contributed by atoms with Crippen molar-refractivity contribution in [1.29, 1.82) is 0 Å². The van der Waals surface area contributed by atoms with Crippen LogP contribution in [0.4, 0.5) is 23.8 Å². The first-order valence-electron chi connectivity index (χ1n) is 8.44. The van der Waals surface area contributed by atoms with E-state index in [0.717, 1.165) is 17.4 Å². The summed E-state index contributed by atoms with van der Waals surface area (Å²) in [5.74, 6) is -0.766. The molecule has 2 aromatic heterocycles. The number of fused-ring (bicyclic) bond motifs is 1. The predicted molar refractivity (Wildman–Crippen MR) is 85.9 cm³/mol. The summed E-state index contributed by atoms with van der Waals surface area (Å²) in [7, 11) is 0. The molecule has 140 valence electrons. The van der Waals surface area contributed by atoms with Crippen LogP contribution in [-0.4, -0.2) is 62.7 Å². The maximum absolute atomic E-state index is 13.0. The summed E-state index contributed by atoms with van der Waals surface area (Å²) in [5.41, 5.74) is 0.565. The van der Waals surface area contributed by atoms with Crippen molar-refractivity contribution in [2.75, 3.05) is 31.1 Å². The van der Waals surface area contributed by atoms with Crippen LogP contribution < -0.4 is 10.2 Å². The molecule has 2 saturated heterocycles. The summed E-state index contributed by atoms with van der Waals surface area (Å²) in [5, 5.41) is 6.41. The van der Waals surface area contributed by atoms with Crippen molar-refractivity contribution in [1.82, 2.24) is 29.8 Å². The minimum Gasteiger partial charge on any atom is -0.354 e. The van der Waals surface area contributed by atoms with E-state index in [-0.39, 0.29) is 17.9 Å². The number of hydrogen-bond donors (Lipinski definition) is 1. The second-order valence-corrected chi connectivity index (χ2v) is 6.57. The van der Waals surface area contributed by atoms with Crippen molar-refractivity contribution in [3.63, 3.8) is 0 Å². The number of halogens is 3. The van der Waals surface area contributed by atoms with Crippen LogP contribution in [0.1, 0.15) is 24.4 Å². The van der Waals surface area contributed by atoms with Gasteiger partial charge in [-0.3, -0.25) is 0 Å². The highest BCUT2D eigenvalue weighted by Gasteiger charge is 2.37. The molecule has 0 aromatic carbocycles. The lowest BCUT2D eigenvalue weighted by atomic mass is 10.0. The number of carbonyl (C=O) groups is 1. The van der Waals surface area contributed by atoms with Crippen LogP contribution in [-0.2, 0) is 6.18 Å². The second-order valence-electron chi connectivity index (χ2n) is 6.57. The Hall–Kier alpha value is -2.59. The van der Waals surface area contributed by atoms with Crippen LogP contribution in [0.5, 0.6) is 0 Å². The van der Waals surface area contributed by atoms with E-state index in [4.69, 9.17) is 0 Å². The number of anilines is 1. The van der Waals surface area contributed by atoms with Gasteiger partial charge in [-0.05, 0) is 19.8 Å². The van der Waals surface area contributed by atoms with E-state index in [1.165, 1.54) is 0 Å². The fourth-order valence-electron chi connectivity index (χ4n) is 3.57. The Labute approximate surface area is 147 Å². The maximum Gasteiger partial charge on any atom is 0.453 e. The molecule has 26 heavy (non-hydrogen) atoms. The molecular weight excluding hydrogens is 351 g/mol. The van der Waals surface area contributed by atoms with Gasteiger partial charge < -0.3 is 15.1 Å². The molecule has 0 spiro atoms. The summed E-state index contributed by atoms with van der Waals surface area (Å²) in [4.78, 5) is 23.3. The number of aryl methyl sites for hydroxylation is 1. The van der Waals surface area contributed by atoms with E-state index in [1.54, 1.807) is 17.9 Å². The lowest BCUT2D eigenvalue weighted by molar-refractivity contribution is -0.144. The molecule has 2 amide bonds.